The van der Waals surface area contributed by atoms with E-state index in [1.165, 1.54) is 6.07 Å². The van der Waals surface area contributed by atoms with Gasteiger partial charge in [-0.2, -0.15) is 4.98 Å². The lowest BCUT2D eigenvalue weighted by Crippen LogP contribution is -2.19. The smallest absolute Gasteiger partial charge is 0.316 e. The van der Waals surface area contributed by atoms with Crippen LogP contribution < -0.4 is 11.3 Å². The molecule has 0 bridgehead atoms. The van der Waals surface area contributed by atoms with E-state index in [-0.39, 0.29) is 17.5 Å². The topological polar surface area (TPSA) is 100 Å². The average molecular weight is 320 g/mol. The zero-order valence-electron chi connectivity index (χ0n) is 12.1. The molecule has 0 aliphatic carbocycles. The van der Waals surface area contributed by atoms with E-state index in [0.29, 0.717) is 18.3 Å². The number of rotatable bonds is 6. The molecule has 7 nitrogen and oxygen atoms in total. The summed E-state index contributed by atoms with van der Waals surface area (Å²) in [6.45, 7) is 2.46. The van der Waals surface area contributed by atoms with Crippen LogP contribution in [0.25, 0.3) is 0 Å². The summed E-state index contributed by atoms with van der Waals surface area (Å²) in [4.78, 5) is 31.0. The molecule has 0 fully saturated rings. The minimum absolute atomic E-state index is 0.0662. The Bertz CT molecular complexity index is 703. The Morgan fingerprint density at radius 1 is 1.50 bits per heavy atom. The fourth-order valence-corrected chi connectivity index (χ4v) is 2.58. The molecule has 0 amide bonds. The largest absolute Gasteiger partial charge is 0.465 e. The Kier molecular flexibility index (Phi) is 5.54. The van der Waals surface area contributed by atoms with Gasteiger partial charge in [0.1, 0.15) is 5.82 Å². The lowest BCUT2D eigenvalue weighted by molar-refractivity contribution is -0.139. The normalized spacial score (nSPS) is 10.4. The summed E-state index contributed by atoms with van der Waals surface area (Å²) in [5.41, 5.74) is 6.38. The van der Waals surface area contributed by atoms with E-state index >= 15 is 0 Å². The van der Waals surface area contributed by atoms with Crippen molar-refractivity contribution in [2.75, 3.05) is 18.1 Å². The molecule has 2 heterocycles. The van der Waals surface area contributed by atoms with Crippen LogP contribution >= 0.6 is 11.8 Å². The van der Waals surface area contributed by atoms with Crippen LogP contribution in [-0.2, 0) is 16.1 Å². The van der Waals surface area contributed by atoms with E-state index < -0.39 is 5.56 Å². The van der Waals surface area contributed by atoms with Crippen molar-refractivity contribution in [3.8, 4) is 0 Å². The van der Waals surface area contributed by atoms with Crippen molar-refractivity contribution in [2.24, 2.45) is 0 Å². The number of nitrogens with two attached hydrogens (primary N) is 1. The molecule has 0 aliphatic heterocycles. The number of esters is 1. The van der Waals surface area contributed by atoms with Gasteiger partial charge in [-0.3, -0.25) is 14.6 Å². The van der Waals surface area contributed by atoms with Crippen LogP contribution in [-0.4, -0.2) is 32.9 Å². The first-order valence-corrected chi connectivity index (χ1v) is 7.63. The summed E-state index contributed by atoms with van der Waals surface area (Å²) >= 11 is 1.12. The number of anilines is 1. The van der Waals surface area contributed by atoms with Crippen LogP contribution in [0.2, 0.25) is 0 Å². The van der Waals surface area contributed by atoms with E-state index in [1.807, 2.05) is 12.1 Å². The predicted molar refractivity (Wildman–Crippen MR) is 83.6 cm³/mol. The van der Waals surface area contributed by atoms with Crippen molar-refractivity contribution in [2.45, 2.75) is 18.6 Å². The first kappa shape index (κ1) is 16.0. The van der Waals surface area contributed by atoms with Crippen LogP contribution in [0.1, 0.15) is 12.5 Å². The van der Waals surface area contributed by atoms with Gasteiger partial charge in [0.2, 0.25) is 0 Å². The number of hydrogen-bond donors (Lipinski definition) is 1. The number of ether oxygens (including phenoxy) is 1. The number of nitrogens with zero attached hydrogens (tertiary/aromatic N) is 3. The molecule has 2 N–H and O–H groups in total. The molecular formula is C14H16N4O3S. The first-order chi connectivity index (χ1) is 10.6. The Hall–Kier alpha value is -2.35. The van der Waals surface area contributed by atoms with Crippen LogP contribution in [0.4, 0.5) is 5.82 Å². The maximum atomic E-state index is 11.5. The van der Waals surface area contributed by atoms with Crippen LogP contribution in [0.3, 0.4) is 0 Å². The molecule has 0 radical (unpaired) electrons. The van der Waals surface area contributed by atoms with Crippen LogP contribution in [0.15, 0.2) is 40.5 Å². The van der Waals surface area contributed by atoms with Gasteiger partial charge in [-0.05, 0) is 18.6 Å². The second-order valence-electron chi connectivity index (χ2n) is 4.34. The average Bonchev–Trinajstić information content (AvgIpc) is 2.49. The number of carbonyl (C=O) groups is 1. The third-order valence-electron chi connectivity index (χ3n) is 2.71. The van der Waals surface area contributed by atoms with Gasteiger partial charge in [-0.25, -0.2) is 0 Å². The molecule has 0 saturated heterocycles. The van der Waals surface area contributed by atoms with Crippen LogP contribution in [0, 0.1) is 0 Å². The fraction of sp³-hybridized carbons (Fsp3) is 0.286. The quantitative estimate of drug-likeness (QED) is 0.480. The fourth-order valence-electron chi connectivity index (χ4n) is 1.77. The molecule has 0 unspecified atom stereocenters. The number of pyridine rings is 1. The van der Waals surface area contributed by atoms with Gasteiger partial charge in [0, 0.05) is 18.5 Å². The molecule has 0 saturated carbocycles. The van der Waals surface area contributed by atoms with Gasteiger partial charge in [0.15, 0.2) is 5.16 Å². The second-order valence-corrected chi connectivity index (χ2v) is 5.29. The van der Waals surface area contributed by atoms with Gasteiger partial charge in [0.25, 0.3) is 5.56 Å². The molecule has 0 atom stereocenters. The lowest BCUT2D eigenvalue weighted by atomic mass is 10.3. The molecule has 116 valence electrons. The lowest BCUT2D eigenvalue weighted by Gasteiger charge is -2.14. The van der Waals surface area contributed by atoms with Gasteiger partial charge < -0.3 is 15.0 Å². The summed E-state index contributed by atoms with van der Waals surface area (Å²) < 4.78 is 6.54. The highest BCUT2D eigenvalue weighted by atomic mass is 32.2. The number of carbonyl (C=O) groups excluding carboxylic acids is 1. The molecule has 2 aromatic rings. The number of aromatic nitrogens is 3. The van der Waals surface area contributed by atoms with Crippen molar-refractivity contribution in [3.63, 3.8) is 0 Å². The third-order valence-corrected chi connectivity index (χ3v) is 3.66. The van der Waals surface area contributed by atoms with Gasteiger partial charge >= 0.3 is 5.97 Å². The van der Waals surface area contributed by atoms with Crippen molar-refractivity contribution in [1.29, 1.82) is 0 Å². The van der Waals surface area contributed by atoms with Gasteiger partial charge in [-0.1, -0.05) is 17.8 Å². The zero-order chi connectivity index (χ0) is 15.9. The number of hydrogen-bond acceptors (Lipinski definition) is 7. The van der Waals surface area contributed by atoms with Crippen molar-refractivity contribution < 1.29 is 9.53 Å². The summed E-state index contributed by atoms with van der Waals surface area (Å²) in [5, 5.41) is 0.377. The van der Waals surface area contributed by atoms with E-state index in [2.05, 4.69) is 9.97 Å². The zero-order valence-corrected chi connectivity index (χ0v) is 12.9. The SMILES string of the molecule is CCOC(=O)CSc1nc(=O)cc(N)n1Cc1cccnc1. The minimum atomic E-state index is -0.439. The van der Waals surface area contributed by atoms with Crippen LogP contribution in [0.5, 0.6) is 0 Å². The first-order valence-electron chi connectivity index (χ1n) is 6.65. The summed E-state index contributed by atoms with van der Waals surface area (Å²) in [5.74, 6) is -0.0103. The molecule has 2 aromatic heterocycles. The molecule has 0 spiro atoms. The van der Waals surface area contributed by atoms with E-state index in [0.717, 1.165) is 17.3 Å². The highest BCUT2D eigenvalue weighted by Crippen LogP contribution is 2.18. The highest BCUT2D eigenvalue weighted by molar-refractivity contribution is 7.99. The number of thioether (sulfide) groups is 1. The van der Waals surface area contributed by atoms with Gasteiger partial charge in [0.05, 0.1) is 18.9 Å². The predicted octanol–water partition coefficient (Wildman–Crippen LogP) is 0.924. The second kappa shape index (κ2) is 7.60. The van der Waals surface area contributed by atoms with Crippen molar-refractivity contribution in [1.82, 2.24) is 14.5 Å². The summed E-state index contributed by atoms with van der Waals surface area (Å²) in [6, 6.07) is 4.96. The Morgan fingerprint density at radius 3 is 3.00 bits per heavy atom. The molecular weight excluding hydrogens is 304 g/mol. The standard InChI is InChI=1S/C14H16N4O3S/c1-2-21-13(20)9-22-14-17-12(19)6-11(15)18(14)8-10-4-3-5-16-7-10/h3-7H,2,8-9,15H2,1H3. The maximum Gasteiger partial charge on any atom is 0.316 e. The Labute approximate surface area is 131 Å². The highest BCUT2D eigenvalue weighted by Gasteiger charge is 2.12. The molecule has 2 rings (SSSR count). The summed E-state index contributed by atoms with van der Waals surface area (Å²) in [7, 11) is 0. The number of nitrogen functional groups attached to an aromatic ring is 1. The van der Waals surface area contributed by atoms with E-state index in [4.69, 9.17) is 10.5 Å². The maximum absolute atomic E-state index is 11.5. The molecule has 22 heavy (non-hydrogen) atoms. The summed E-state index contributed by atoms with van der Waals surface area (Å²) in [6.07, 6.45) is 3.38. The Morgan fingerprint density at radius 2 is 2.32 bits per heavy atom. The van der Waals surface area contributed by atoms with E-state index in [1.54, 1.807) is 23.9 Å². The van der Waals surface area contributed by atoms with Crippen molar-refractivity contribution in [3.05, 3.63) is 46.5 Å². The minimum Gasteiger partial charge on any atom is -0.465 e. The Balaban J connectivity index is 2.24. The molecule has 8 heteroatoms. The van der Waals surface area contributed by atoms with E-state index in [9.17, 15) is 9.59 Å². The molecule has 0 aliphatic rings. The van der Waals surface area contributed by atoms with Gasteiger partial charge in [-0.15, -0.1) is 0 Å². The third kappa shape index (κ3) is 4.32. The van der Waals surface area contributed by atoms with Crippen molar-refractivity contribution >= 4 is 23.5 Å². The monoisotopic (exact) mass is 320 g/mol. The molecule has 0 aromatic carbocycles.